The fraction of sp³-hybridized carbons (Fsp3) is 0.267. The summed E-state index contributed by atoms with van der Waals surface area (Å²) in [5, 5.41) is 0. The first kappa shape index (κ1) is 13.9. The zero-order valence-electron chi connectivity index (χ0n) is 10.8. The molecule has 0 aliphatic rings. The Morgan fingerprint density at radius 2 is 1.79 bits per heavy atom. The van der Waals surface area contributed by atoms with Crippen molar-refractivity contribution in [3.63, 3.8) is 0 Å². The Bertz CT molecular complexity index is 473. The van der Waals surface area contributed by atoms with Crippen molar-refractivity contribution in [3.8, 4) is 5.75 Å². The molecule has 1 aromatic carbocycles. The van der Waals surface area contributed by atoms with Gasteiger partial charge in [-0.15, -0.1) is 11.8 Å². The summed E-state index contributed by atoms with van der Waals surface area (Å²) in [7, 11) is 0. The van der Waals surface area contributed by atoms with Crippen LogP contribution in [0.4, 0.5) is 0 Å². The van der Waals surface area contributed by atoms with Crippen molar-refractivity contribution in [3.05, 3.63) is 54.4 Å². The van der Waals surface area contributed by atoms with Gasteiger partial charge in [-0.3, -0.25) is 4.98 Å². The van der Waals surface area contributed by atoms with Gasteiger partial charge in [-0.05, 0) is 42.8 Å². The van der Waals surface area contributed by atoms with Crippen LogP contribution in [-0.2, 0) is 6.42 Å². The van der Waals surface area contributed by atoms with Crippen LogP contribution in [0.25, 0.3) is 0 Å². The van der Waals surface area contributed by atoms with Crippen molar-refractivity contribution >= 4 is 11.8 Å². The lowest BCUT2D eigenvalue weighted by Crippen LogP contribution is -2.03. The standard InChI is InChI=1S/C15H18N2OS/c16-8-5-13-1-3-14(4-2-13)18-11-12-19-15-6-9-17-10-7-15/h1-4,6-7,9-10H,5,8,11-12,16H2. The number of benzene rings is 1. The highest BCUT2D eigenvalue weighted by atomic mass is 32.2. The highest BCUT2D eigenvalue weighted by Gasteiger charge is 1.96. The van der Waals surface area contributed by atoms with Crippen molar-refractivity contribution in [2.24, 2.45) is 5.73 Å². The fourth-order valence-corrected chi connectivity index (χ4v) is 2.39. The Labute approximate surface area is 118 Å². The van der Waals surface area contributed by atoms with E-state index in [1.54, 1.807) is 24.2 Å². The number of thioether (sulfide) groups is 1. The van der Waals surface area contributed by atoms with Gasteiger partial charge in [0.25, 0.3) is 0 Å². The maximum absolute atomic E-state index is 5.69. The summed E-state index contributed by atoms with van der Waals surface area (Å²) in [5.41, 5.74) is 6.76. The average Bonchev–Trinajstić information content (AvgIpc) is 2.47. The van der Waals surface area contributed by atoms with Gasteiger partial charge >= 0.3 is 0 Å². The lowest BCUT2D eigenvalue weighted by Gasteiger charge is -2.07. The fourth-order valence-electron chi connectivity index (χ4n) is 1.67. The summed E-state index contributed by atoms with van der Waals surface area (Å²) in [6, 6.07) is 12.2. The highest BCUT2D eigenvalue weighted by Crippen LogP contribution is 2.17. The number of aromatic nitrogens is 1. The molecular formula is C15H18N2OS. The Kier molecular flexibility index (Phi) is 5.72. The molecule has 0 fully saturated rings. The van der Waals surface area contributed by atoms with E-state index in [2.05, 4.69) is 17.1 Å². The minimum Gasteiger partial charge on any atom is -0.493 e. The number of ether oxygens (including phenoxy) is 1. The second-order valence-electron chi connectivity index (χ2n) is 4.06. The monoisotopic (exact) mass is 274 g/mol. The van der Waals surface area contributed by atoms with Crippen LogP contribution in [0.5, 0.6) is 5.75 Å². The summed E-state index contributed by atoms with van der Waals surface area (Å²) < 4.78 is 5.69. The van der Waals surface area contributed by atoms with Crippen LogP contribution in [0.15, 0.2) is 53.7 Å². The Hall–Kier alpha value is -1.52. The smallest absolute Gasteiger partial charge is 0.119 e. The van der Waals surface area contributed by atoms with Crippen LogP contribution in [0, 0.1) is 0 Å². The first-order chi connectivity index (χ1) is 9.38. The normalized spacial score (nSPS) is 10.4. The molecule has 2 N–H and O–H groups in total. The number of hydrogen-bond donors (Lipinski definition) is 1. The third-order valence-corrected chi connectivity index (χ3v) is 3.60. The molecule has 0 saturated heterocycles. The van der Waals surface area contributed by atoms with E-state index in [-0.39, 0.29) is 0 Å². The van der Waals surface area contributed by atoms with E-state index in [0.29, 0.717) is 13.2 Å². The molecule has 1 heterocycles. The quantitative estimate of drug-likeness (QED) is 0.623. The highest BCUT2D eigenvalue weighted by molar-refractivity contribution is 7.99. The topological polar surface area (TPSA) is 48.1 Å². The third kappa shape index (κ3) is 4.93. The van der Waals surface area contributed by atoms with Gasteiger partial charge in [-0.2, -0.15) is 0 Å². The van der Waals surface area contributed by atoms with Gasteiger partial charge in [0, 0.05) is 23.0 Å². The van der Waals surface area contributed by atoms with E-state index in [9.17, 15) is 0 Å². The number of pyridine rings is 1. The van der Waals surface area contributed by atoms with Crippen molar-refractivity contribution < 1.29 is 4.74 Å². The molecule has 100 valence electrons. The van der Waals surface area contributed by atoms with Crippen LogP contribution in [0.2, 0.25) is 0 Å². The van der Waals surface area contributed by atoms with Crippen LogP contribution in [0.3, 0.4) is 0 Å². The van der Waals surface area contributed by atoms with Crippen molar-refractivity contribution in [1.29, 1.82) is 0 Å². The van der Waals surface area contributed by atoms with Gasteiger partial charge in [0.2, 0.25) is 0 Å². The molecular weight excluding hydrogens is 256 g/mol. The number of nitrogens with two attached hydrogens (primary N) is 1. The van der Waals surface area contributed by atoms with Gasteiger partial charge < -0.3 is 10.5 Å². The van der Waals surface area contributed by atoms with Crippen molar-refractivity contribution in [2.45, 2.75) is 11.3 Å². The second kappa shape index (κ2) is 7.81. The lowest BCUT2D eigenvalue weighted by atomic mass is 10.1. The summed E-state index contributed by atoms with van der Waals surface area (Å²) in [4.78, 5) is 5.21. The maximum atomic E-state index is 5.69. The molecule has 0 radical (unpaired) electrons. The van der Waals surface area contributed by atoms with Gasteiger partial charge in [0.1, 0.15) is 5.75 Å². The Balaban J connectivity index is 1.70. The molecule has 4 heteroatoms. The zero-order chi connectivity index (χ0) is 13.3. The number of hydrogen-bond acceptors (Lipinski definition) is 4. The van der Waals surface area contributed by atoms with Crippen molar-refractivity contribution in [2.75, 3.05) is 18.9 Å². The molecule has 0 aliphatic heterocycles. The average molecular weight is 274 g/mol. The molecule has 3 nitrogen and oxygen atoms in total. The molecule has 0 unspecified atom stereocenters. The first-order valence-corrected chi connectivity index (χ1v) is 7.31. The molecule has 0 atom stereocenters. The van der Waals surface area contributed by atoms with Gasteiger partial charge in [0.15, 0.2) is 0 Å². The summed E-state index contributed by atoms with van der Waals surface area (Å²) in [5.74, 6) is 1.84. The SMILES string of the molecule is NCCc1ccc(OCCSc2ccncc2)cc1. The molecule has 0 amide bonds. The van der Waals surface area contributed by atoms with E-state index in [0.717, 1.165) is 17.9 Å². The minimum absolute atomic E-state index is 0.683. The van der Waals surface area contributed by atoms with E-state index in [1.807, 2.05) is 24.3 Å². The molecule has 19 heavy (non-hydrogen) atoms. The predicted molar refractivity (Wildman–Crippen MR) is 79.7 cm³/mol. The van der Waals surface area contributed by atoms with Crippen LogP contribution >= 0.6 is 11.8 Å². The van der Waals surface area contributed by atoms with Crippen LogP contribution in [-0.4, -0.2) is 23.9 Å². The third-order valence-electron chi connectivity index (χ3n) is 2.63. The first-order valence-electron chi connectivity index (χ1n) is 6.33. The molecule has 0 bridgehead atoms. The zero-order valence-corrected chi connectivity index (χ0v) is 11.6. The summed E-state index contributed by atoms with van der Waals surface area (Å²) >= 11 is 1.77. The van der Waals surface area contributed by atoms with E-state index in [4.69, 9.17) is 10.5 Å². The molecule has 0 aliphatic carbocycles. The van der Waals surface area contributed by atoms with Crippen LogP contribution in [0.1, 0.15) is 5.56 Å². The minimum atomic E-state index is 0.683. The van der Waals surface area contributed by atoms with E-state index < -0.39 is 0 Å². The van der Waals surface area contributed by atoms with Gasteiger partial charge in [-0.1, -0.05) is 12.1 Å². The molecule has 0 saturated carbocycles. The molecule has 2 aromatic rings. The van der Waals surface area contributed by atoms with Crippen molar-refractivity contribution in [1.82, 2.24) is 4.98 Å². The molecule has 0 spiro atoms. The Morgan fingerprint density at radius 3 is 2.47 bits per heavy atom. The number of rotatable bonds is 7. The second-order valence-corrected chi connectivity index (χ2v) is 5.23. The predicted octanol–water partition coefficient (Wildman–Crippen LogP) is 2.75. The number of nitrogens with zero attached hydrogens (tertiary/aromatic N) is 1. The van der Waals surface area contributed by atoms with E-state index >= 15 is 0 Å². The van der Waals surface area contributed by atoms with Gasteiger partial charge in [-0.25, -0.2) is 0 Å². The van der Waals surface area contributed by atoms with E-state index in [1.165, 1.54) is 10.5 Å². The maximum Gasteiger partial charge on any atom is 0.119 e. The summed E-state index contributed by atoms with van der Waals surface area (Å²) in [6.07, 6.45) is 4.52. The largest absolute Gasteiger partial charge is 0.493 e. The van der Waals surface area contributed by atoms with Crippen LogP contribution < -0.4 is 10.5 Å². The molecule has 1 aromatic heterocycles. The van der Waals surface area contributed by atoms with Gasteiger partial charge in [0.05, 0.1) is 6.61 Å². The molecule has 2 rings (SSSR count). The Morgan fingerprint density at radius 1 is 1.05 bits per heavy atom. The summed E-state index contributed by atoms with van der Waals surface area (Å²) in [6.45, 7) is 1.38. The lowest BCUT2D eigenvalue weighted by molar-refractivity contribution is 0.344.